The van der Waals surface area contributed by atoms with Crippen molar-refractivity contribution in [3.05, 3.63) is 29.8 Å². The Kier molecular flexibility index (Phi) is 6.51. The smallest absolute Gasteiger partial charge is 0.390 e. The third-order valence-corrected chi connectivity index (χ3v) is 5.03. The van der Waals surface area contributed by atoms with E-state index in [0.717, 1.165) is 10.5 Å². The highest BCUT2D eigenvalue weighted by Gasteiger charge is 2.51. The number of imide groups is 1. The van der Waals surface area contributed by atoms with Crippen LogP contribution in [-0.2, 0) is 9.59 Å². The van der Waals surface area contributed by atoms with Gasteiger partial charge in [-0.25, -0.2) is 15.2 Å². The summed E-state index contributed by atoms with van der Waals surface area (Å²) in [6.45, 7) is 1.63. The van der Waals surface area contributed by atoms with Gasteiger partial charge in [-0.15, -0.1) is 0 Å². The van der Waals surface area contributed by atoms with Gasteiger partial charge in [-0.3, -0.25) is 30.1 Å². The minimum absolute atomic E-state index is 0.0290. The van der Waals surface area contributed by atoms with Gasteiger partial charge in [0.1, 0.15) is 25.0 Å². The maximum atomic E-state index is 12.8. The highest BCUT2D eigenvalue weighted by molar-refractivity contribution is 6.22. The Morgan fingerprint density at radius 3 is 2.71 bits per heavy atom. The van der Waals surface area contributed by atoms with Crippen LogP contribution in [0.15, 0.2) is 29.3 Å². The summed E-state index contributed by atoms with van der Waals surface area (Å²) in [6, 6.07) is 5.95. The molecular weight excluding hydrogens is 406 g/mol. The van der Waals surface area contributed by atoms with Crippen LogP contribution in [0.1, 0.15) is 5.56 Å². The number of amidine groups is 1. The fraction of sp³-hybridized carbons (Fsp3) is 0.421. The zero-order valence-corrected chi connectivity index (χ0v) is 17.5. The number of guanidine groups is 1. The molecule has 0 spiro atoms. The van der Waals surface area contributed by atoms with Crippen molar-refractivity contribution in [3.8, 4) is 5.75 Å². The molecule has 4 amide bonds. The van der Waals surface area contributed by atoms with Crippen molar-refractivity contribution in [2.75, 3.05) is 33.8 Å². The summed E-state index contributed by atoms with van der Waals surface area (Å²) in [6.07, 6.45) is -0.990. The van der Waals surface area contributed by atoms with Crippen LogP contribution < -0.4 is 21.3 Å². The maximum Gasteiger partial charge on any atom is 0.390 e. The Balaban J connectivity index is 1.80. The lowest BCUT2D eigenvalue weighted by molar-refractivity contribution is -0.545. The fourth-order valence-corrected chi connectivity index (χ4v) is 3.33. The molecule has 2 atom stereocenters. The van der Waals surface area contributed by atoms with E-state index in [1.807, 2.05) is 30.5 Å². The monoisotopic (exact) mass is 432 g/mol. The van der Waals surface area contributed by atoms with Crippen molar-refractivity contribution in [1.82, 2.24) is 20.5 Å². The summed E-state index contributed by atoms with van der Waals surface area (Å²) in [5.74, 6) is 5.13. The second kappa shape index (κ2) is 9.10. The summed E-state index contributed by atoms with van der Waals surface area (Å²) in [5, 5.41) is 13.4. The number of hydrazine groups is 1. The Hall–Kier alpha value is -3.51. The van der Waals surface area contributed by atoms with Crippen LogP contribution in [0.4, 0.5) is 4.79 Å². The van der Waals surface area contributed by atoms with Gasteiger partial charge in [0.05, 0.1) is 6.54 Å². The van der Waals surface area contributed by atoms with Crippen LogP contribution in [0.5, 0.6) is 5.75 Å². The van der Waals surface area contributed by atoms with E-state index in [-0.39, 0.29) is 31.5 Å². The number of urea groups is 1. The minimum Gasteiger partial charge on any atom is -0.490 e. The van der Waals surface area contributed by atoms with Crippen molar-refractivity contribution >= 4 is 29.6 Å². The first-order chi connectivity index (χ1) is 14.7. The van der Waals surface area contributed by atoms with Crippen LogP contribution >= 0.6 is 0 Å². The van der Waals surface area contributed by atoms with E-state index in [4.69, 9.17) is 10.6 Å². The first kappa shape index (κ1) is 22.2. The number of carbonyl (C=O) groups is 3. The normalized spacial score (nSPS) is 19.3. The predicted octanol–water partition coefficient (Wildman–Crippen LogP) is -2.01. The van der Waals surface area contributed by atoms with Crippen molar-refractivity contribution in [2.45, 2.75) is 19.1 Å². The molecule has 2 aliphatic heterocycles. The molecule has 1 saturated heterocycles. The number of aliphatic hydroxyl groups excluding tert-OH is 1. The molecular formula is C19H26N7O5+. The number of aliphatic imine (C=N–C) groups is 1. The molecule has 1 fully saturated rings. The molecule has 1 aromatic carbocycles. The number of aryl methyl sites for hydroxylation is 1. The number of likely N-dealkylation sites (N-methyl/N-ethyl adjacent to an activating group) is 2. The number of β-amino-alcohol motifs (C(OH)–C–C–N with tert-alkyl or cyclic N) is 1. The summed E-state index contributed by atoms with van der Waals surface area (Å²) in [5.41, 5.74) is 2.92. The van der Waals surface area contributed by atoms with E-state index in [2.05, 4.69) is 10.3 Å². The Bertz CT molecular complexity index is 961. The first-order valence-corrected chi connectivity index (χ1v) is 9.61. The molecule has 0 radical (unpaired) electrons. The van der Waals surface area contributed by atoms with Gasteiger partial charge in [0.15, 0.2) is 0 Å². The number of hydrogen-bond donors (Lipinski definition) is 4. The number of carbonyl (C=O) groups excluding carboxylic acids is 3. The van der Waals surface area contributed by atoms with Crippen LogP contribution in [0.2, 0.25) is 0 Å². The molecule has 2 aliphatic rings. The number of benzene rings is 1. The van der Waals surface area contributed by atoms with Crippen LogP contribution in [0, 0.1) is 6.92 Å². The van der Waals surface area contributed by atoms with Gasteiger partial charge in [-0.1, -0.05) is 23.2 Å². The zero-order valence-electron chi connectivity index (χ0n) is 17.5. The molecule has 1 aromatic rings. The van der Waals surface area contributed by atoms with Crippen LogP contribution in [0.25, 0.3) is 0 Å². The number of hydrogen-bond acceptors (Lipinski definition) is 8. The molecule has 3 rings (SSSR count). The van der Waals surface area contributed by atoms with Crippen molar-refractivity contribution in [3.63, 3.8) is 0 Å². The van der Waals surface area contributed by atoms with Crippen molar-refractivity contribution in [1.29, 1.82) is 0 Å². The highest BCUT2D eigenvalue weighted by atomic mass is 16.5. The second-order valence-corrected chi connectivity index (χ2v) is 7.24. The number of aliphatic hydroxyl groups is 1. The SMILES string of the molecule is Cc1ccccc1OCC(O)C[N+]1=C(NCC(=O)NN)N=C2C1C(=O)N(C)C(=O)N2C. The van der Waals surface area contributed by atoms with Crippen molar-refractivity contribution < 1.29 is 28.8 Å². The molecule has 0 bridgehead atoms. The number of fused-ring (bicyclic) bond motifs is 1. The van der Waals surface area contributed by atoms with Gasteiger partial charge in [0.25, 0.3) is 11.8 Å². The van der Waals surface area contributed by atoms with E-state index in [1.165, 1.54) is 23.6 Å². The van der Waals surface area contributed by atoms with E-state index in [0.29, 0.717) is 5.75 Å². The number of nitrogens with zero attached hydrogens (tertiary/aromatic N) is 4. The van der Waals surface area contributed by atoms with Gasteiger partial charge < -0.3 is 9.84 Å². The quantitative estimate of drug-likeness (QED) is 0.168. The van der Waals surface area contributed by atoms with Crippen LogP contribution in [0.3, 0.4) is 0 Å². The molecule has 0 saturated carbocycles. The highest BCUT2D eigenvalue weighted by Crippen LogP contribution is 2.19. The minimum atomic E-state index is -0.990. The zero-order chi connectivity index (χ0) is 22.7. The third-order valence-electron chi connectivity index (χ3n) is 5.03. The van der Waals surface area contributed by atoms with Gasteiger partial charge >= 0.3 is 12.0 Å². The maximum absolute atomic E-state index is 12.8. The van der Waals surface area contributed by atoms with E-state index >= 15 is 0 Å². The molecule has 2 heterocycles. The number of nitrogens with one attached hydrogen (secondary N) is 2. The summed E-state index contributed by atoms with van der Waals surface area (Å²) < 4.78 is 7.20. The largest absolute Gasteiger partial charge is 0.490 e. The molecule has 166 valence electrons. The lowest BCUT2D eigenvalue weighted by Crippen LogP contribution is -2.62. The lowest BCUT2D eigenvalue weighted by Gasteiger charge is -2.32. The fourth-order valence-electron chi connectivity index (χ4n) is 3.33. The van der Waals surface area contributed by atoms with E-state index < -0.39 is 30.0 Å². The second-order valence-electron chi connectivity index (χ2n) is 7.24. The lowest BCUT2D eigenvalue weighted by atomic mass is 10.1. The number of para-hydroxylation sites is 1. The van der Waals surface area contributed by atoms with Gasteiger partial charge in [0.2, 0.25) is 11.9 Å². The average Bonchev–Trinajstić information content (AvgIpc) is 3.12. The number of amides is 4. The summed E-state index contributed by atoms with van der Waals surface area (Å²) >= 11 is 0. The predicted molar refractivity (Wildman–Crippen MR) is 110 cm³/mol. The summed E-state index contributed by atoms with van der Waals surface area (Å²) in [4.78, 5) is 43.2. The van der Waals surface area contributed by atoms with Gasteiger partial charge in [-0.2, -0.15) is 0 Å². The number of rotatable bonds is 7. The average molecular weight is 432 g/mol. The number of nitrogens with two attached hydrogens (primary N) is 1. The third kappa shape index (κ3) is 4.49. The number of ether oxygens (including phenoxy) is 1. The first-order valence-electron chi connectivity index (χ1n) is 9.61. The molecule has 12 heteroatoms. The molecule has 0 aromatic heterocycles. The Labute approximate surface area is 178 Å². The molecule has 31 heavy (non-hydrogen) atoms. The molecule has 0 aliphatic carbocycles. The standard InChI is InChI=1S/C19H25N7O5/c1-11-6-4-5-7-13(11)31-10-12(27)9-26-15-16(22-18(26)21-8-14(28)23-20)24(2)19(30)25(3)17(15)29/h4-7,12,15,27H,8-10,20H2,1-3H3,(H,23,28)/p+1. The molecule has 5 N–H and O–H groups in total. The van der Waals surface area contributed by atoms with E-state index in [9.17, 15) is 19.5 Å². The van der Waals surface area contributed by atoms with E-state index in [1.54, 1.807) is 6.07 Å². The van der Waals surface area contributed by atoms with Crippen molar-refractivity contribution in [2.24, 2.45) is 10.8 Å². The van der Waals surface area contributed by atoms with Gasteiger partial charge in [0, 0.05) is 14.1 Å². The topological polar surface area (TPSA) is 153 Å². The summed E-state index contributed by atoms with van der Waals surface area (Å²) in [7, 11) is 2.88. The molecule has 2 unspecified atom stereocenters. The van der Waals surface area contributed by atoms with Crippen LogP contribution in [-0.4, -0.2) is 95.1 Å². The Morgan fingerprint density at radius 1 is 1.32 bits per heavy atom. The van der Waals surface area contributed by atoms with Gasteiger partial charge in [-0.05, 0) is 18.6 Å². The Morgan fingerprint density at radius 2 is 2.03 bits per heavy atom. The molecule has 12 nitrogen and oxygen atoms in total.